The molecule has 0 spiro atoms. The summed E-state index contributed by atoms with van der Waals surface area (Å²) in [7, 11) is 0. The largest absolute Gasteiger partial charge is 0.434 e. The first-order chi connectivity index (χ1) is 12.5. The Morgan fingerprint density at radius 2 is 2.00 bits per heavy atom. The molecule has 134 valence electrons. The highest BCUT2D eigenvalue weighted by Gasteiger charge is 2.17. The van der Waals surface area contributed by atoms with Crippen molar-refractivity contribution in [1.29, 1.82) is 0 Å². The molecule has 0 saturated carbocycles. The first kappa shape index (κ1) is 17.9. The number of aromatic nitrogens is 2. The fraction of sp³-hybridized carbons (Fsp3) is 0.111. The molecule has 1 N–H and O–H groups in total. The monoisotopic (exact) mass is 377 g/mol. The average Bonchev–Trinajstić information content (AvgIpc) is 3.01. The Bertz CT molecular complexity index is 915. The first-order valence-electron chi connectivity index (χ1n) is 7.64. The van der Waals surface area contributed by atoms with E-state index < -0.39 is 12.5 Å². The summed E-state index contributed by atoms with van der Waals surface area (Å²) in [5, 5.41) is 7.42. The summed E-state index contributed by atoms with van der Waals surface area (Å²) in [6.07, 6.45) is 1.53. The van der Waals surface area contributed by atoms with Gasteiger partial charge in [-0.25, -0.2) is 4.68 Å². The summed E-state index contributed by atoms with van der Waals surface area (Å²) in [5.41, 5.74) is 0.904. The van der Waals surface area contributed by atoms with Gasteiger partial charge >= 0.3 is 6.61 Å². The number of carbonyl (C=O) groups is 1. The highest BCUT2D eigenvalue weighted by atomic mass is 35.5. The van der Waals surface area contributed by atoms with Crippen molar-refractivity contribution in [3.8, 4) is 5.75 Å². The minimum absolute atomic E-state index is 0.00306. The van der Waals surface area contributed by atoms with Crippen molar-refractivity contribution < 1.29 is 18.3 Å². The Hall–Kier alpha value is -2.93. The third-order valence-corrected chi connectivity index (χ3v) is 3.76. The normalized spacial score (nSPS) is 10.8. The highest BCUT2D eigenvalue weighted by molar-refractivity contribution is 6.30. The molecule has 2 aromatic carbocycles. The van der Waals surface area contributed by atoms with Crippen molar-refractivity contribution >= 4 is 23.3 Å². The van der Waals surface area contributed by atoms with Gasteiger partial charge in [0.2, 0.25) is 0 Å². The minimum Gasteiger partial charge on any atom is -0.434 e. The number of halogens is 3. The van der Waals surface area contributed by atoms with Gasteiger partial charge in [0.25, 0.3) is 5.91 Å². The van der Waals surface area contributed by atoms with E-state index in [2.05, 4.69) is 15.2 Å². The van der Waals surface area contributed by atoms with Gasteiger partial charge in [0.1, 0.15) is 11.6 Å². The molecule has 0 unspecified atom stereocenters. The van der Waals surface area contributed by atoms with E-state index in [1.54, 1.807) is 28.9 Å². The molecule has 0 aliphatic rings. The predicted octanol–water partition coefficient (Wildman–Crippen LogP) is 4.44. The number of hydrogen-bond acceptors (Lipinski definition) is 3. The quantitative estimate of drug-likeness (QED) is 0.691. The zero-order chi connectivity index (χ0) is 18.5. The molecule has 5 nitrogen and oxygen atoms in total. The average molecular weight is 378 g/mol. The van der Waals surface area contributed by atoms with Crippen LogP contribution >= 0.6 is 11.6 Å². The van der Waals surface area contributed by atoms with Crippen molar-refractivity contribution in [3.63, 3.8) is 0 Å². The lowest BCUT2D eigenvalue weighted by Crippen LogP contribution is -2.18. The van der Waals surface area contributed by atoms with Crippen molar-refractivity contribution in [3.05, 3.63) is 76.9 Å². The Morgan fingerprint density at radius 3 is 2.77 bits per heavy atom. The molecule has 26 heavy (non-hydrogen) atoms. The second-order valence-corrected chi connectivity index (χ2v) is 5.77. The van der Waals surface area contributed by atoms with E-state index in [9.17, 15) is 13.6 Å². The minimum atomic E-state index is -3.02. The van der Waals surface area contributed by atoms with Crippen molar-refractivity contribution in [2.24, 2.45) is 0 Å². The number of rotatable bonds is 6. The predicted molar refractivity (Wildman–Crippen MR) is 93.8 cm³/mol. The van der Waals surface area contributed by atoms with Crippen LogP contribution in [-0.4, -0.2) is 22.3 Å². The maximum Gasteiger partial charge on any atom is 0.387 e. The maximum atomic E-state index is 12.5. The van der Waals surface area contributed by atoms with Gasteiger partial charge in [0.15, 0.2) is 0 Å². The Labute approximate surface area is 153 Å². The van der Waals surface area contributed by atoms with Crippen LogP contribution in [0.3, 0.4) is 0 Å². The molecule has 0 radical (unpaired) electrons. The standard InChI is InChI=1S/C18H14ClF2N3O2/c19-13-5-3-4-12(10-13)11-24-16(8-9-22-24)23-17(25)14-6-1-2-7-15(14)26-18(20)21/h1-10,18H,11H2,(H,23,25). The molecule has 1 amide bonds. The molecule has 3 aromatic rings. The van der Waals surface area contributed by atoms with Gasteiger partial charge in [-0.1, -0.05) is 35.9 Å². The van der Waals surface area contributed by atoms with Crippen molar-refractivity contribution in [2.45, 2.75) is 13.2 Å². The van der Waals surface area contributed by atoms with Crippen LogP contribution in [0, 0.1) is 0 Å². The van der Waals surface area contributed by atoms with Crippen LogP contribution in [0.2, 0.25) is 5.02 Å². The van der Waals surface area contributed by atoms with Crippen LogP contribution in [0.5, 0.6) is 5.75 Å². The van der Waals surface area contributed by atoms with Crippen LogP contribution in [0.1, 0.15) is 15.9 Å². The topological polar surface area (TPSA) is 56.2 Å². The SMILES string of the molecule is O=C(Nc1ccnn1Cc1cccc(Cl)c1)c1ccccc1OC(F)F. The fourth-order valence-corrected chi connectivity index (χ4v) is 2.62. The molecule has 0 bridgehead atoms. The molecule has 1 aromatic heterocycles. The molecule has 0 aliphatic carbocycles. The molecule has 8 heteroatoms. The number of hydrogen-bond donors (Lipinski definition) is 1. The molecule has 0 atom stereocenters. The van der Waals surface area contributed by atoms with Gasteiger partial charge in [-0.15, -0.1) is 0 Å². The lowest BCUT2D eigenvalue weighted by molar-refractivity contribution is -0.0501. The summed E-state index contributed by atoms with van der Waals surface area (Å²) in [4.78, 5) is 12.5. The van der Waals surface area contributed by atoms with E-state index in [4.69, 9.17) is 11.6 Å². The number of ether oxygens (including phenoxy) is 1. The van der Waals surface area contributed by atoms with E-state index in [0.29, 0.717) is 17.4 Å². The lowest BCUT2D eigenvalue weighted by Gasteiger charge is -2.12. The molecule has 3 rings (SSSR count). The van der Waals surface area contributed by atoms with Crippen LogP contribution in [-0.2, 0) is 6.54 Å². The number of carbonyl (C=O) groups excluding carboxylic acids is 1. The van der Waals surface area contributed by atoms with E-state index in [1.807, 2.05) is 12.1 Å². The van der Waals surface area contributed by atoms with Gasteiger partial charge in [-0.3, -0.25) is 4.79 Å². The van der Waals surface area contributed by atoms with Gasteiger partial charge < -0.3 is 10.1 Å². The zero-order valence-electron chi connectivity index (χ0n) is 13.4. The van der Waals surface area contributed by atoms with Crippen molar-refractivity contribution in [2.75, 3.05) is 5.32 Å². The van der Waals surface area contributed by atoms with Crippen LogP contribution in [0.4, 0.5) is 14.6 Å². The molecule has 1 heterocycles. The number of anilines is 1. The number of para-hydroxylation sites is 1. The second kappa shape index (κ2) is 7.97. The molecular formula is C18H14ClF2N3O2. The third kappa shape index (κ3) is 4.37. The number of nitrogens with zero attached hydrogens (tertiary/aromatic N) is 2. The van der Waals surface area contributed by atoms with E-state index in [0.717, 1.165) is 5.56 Å². The Morgan fingerprint density at radius 1 is 1.19 bits per heavy atom. The number of benzene rings is 2. The van der Waals surface area contributed by atoms with E-state index in [1.165, 1.54) is 24.4 Å². The molecule has 0 fully saturated rings. The van der Waals surface area contributed by atoms with Crippen LogP contribution in [0.15, 0.2) is 60.8 Å². The van der Waals surface area contributed by atoms with E-state index >= 15 is 0 Å². The van der Waals surface area contributed by atoms with Gasteiger partial charge in [-0.05, 0) is 29.8 Å². The maximum absolute atomic E-state index is 12.5. The smallest absolute Gasteiger partial charge is 0.387 e. The zero-order valence-corrected chi connectivity index (χ0v) is 14.2. The van der Waals surface area contributed by atoms with E-state index in [-0.39, 0.29) is 11.3 Å². The molecule has 0 saturated heterocycles. The molecule has 0 aliphatic heterocycles. The molecular weight excluding hydrogens is 364 g/mol. The third-order valence-electron chi connectivity index (χ3n) is 3.53. The second-order valence-electron chi connectivity index (χ2n) is 5.33. The Kier molecular flexibility index (Phi) is 5.48. The summed E-state index contributed by atoms with van der Waals surface area (Å²) in [6.45, 7) is -2.63. The summed E-state index contributed by atoms with van der Waals surface area (Å²) in [6, 6.07) is 14.7. The number of alkyl halides is 2. The van der Waals surface area contributed by atoms with Gasteiger partial charge in [0.05, 0.1) is 18.3 Å². The first-order valence-corrected chi connectivity index (χ1v) is 8.02. The van der Waals surface area contributed by atoms with Gasteiger partial charge in [0, 0.05) is 11.1 Å². The van der Waals surface area contributed by atoms with Crippen LogP contribution < -0.4 is 10.1 Å². The Balaban J connectivity index is 1.78. The van der Waals surface area contributed by atoms with Crippen molar-refractivity contribution in [1.82, 2.24) is 9.78 Å². The lowest BCUT2D eigenvalue weighted by atomic mass is 10.2. The highest BCUT2D eigenvalue weighted by Crippen LogP contribution is 2.22. The summed E-state index contributed by atoms with van der Waals surface area (Å²) < 4.78 is 31.0. The van der Waals surface area contributed by atoms with Gasteiger partial charge in [-0.2, -0.15) is 13.9 Å². The number of nitrogens with one attached hydrogen (secondary N) is 1. The van der Waals surface area contributed by atoms with Crippen LogP contribution in [0.25, 0.3) is 0 Å². The summed E-state index contributed by atoms with van der Waals surface area (Å²) in [5.74, 6) is -0.350. The summed E-state index contributed by atoms with van der Waals surface area (Å²) >= 11 is 5.97. The fourth-order valence-electron chi connectivity index (χ4n) is 2.41. The number of amides is 1.